The third-order valence-electron chi connectivity index (χ3n) is 2.99. The zero-order chi connectivity index (χ0) is 14.5. The summed E-state index contributed by atoms with van der Waals surface area (Å²) in [5.74, 6) is -0.154. The lowest BCUT2D eigenvalue weighted by atomic mass is 10.2. The number of carbonyl (C=O) groups is 1. The second kappa shape index (κ2) is 5.96. The Balaban J connectivity index is 1.73. The second-order valence-corrected chi connectivity index (χ2v) is 4.39. The van der Waals surface area contributed by atoms with E-state index in [9.17, 15) is 4.79 Å². The number of amides is 1. The molecule has 104 valence electrons. The lowest BCUT2D eigenvalue weighted by Crippen LogP contribution is -2.24. The summed E-state index contributed by atoms with van der Waals surface area (Å²) in [6.07, 6.45) is 4.81. The third kappa shape index (κ3) is 2.94. The van der Waals surface area contributed by atoms with Crippen molar-refractivity contribution in [2.45, 2.75) is 6.54 Å². The molecule has 2 aromatic heterocycles. The highest BCUT2D eigenvalue weighted by Crippen LogP contribution is 2.08. The Morgan fingerprint density at radius 2 is 1.86 bits per heavy atom. The molecular weight excluding hydrogens is 266 g/mol. The minimum absolute atomic E-state index is 0.154. The van der Waals surface area contributed by atoms with Gasteiger partial charge in [0.2, 0.25) is 0 Å². The fraction of sp³-hybridized carbons (Fsp3) is 0.0667. The van der Waals surface area contributed by atoms with Crippen LogP contribution in [-0.4, -0.2) is 25.9 Å². The highest BCUT2D eigenvalue weighted by Gasteiger charge is 2.09. The summed E-state index contributed by atoms with van der Waals surface area (Å²) in [6, 6.07) is 13.0. The predicted octanol–water partition coefficient (Wildman–Crippen LogP) is 1.59. The van der Waals surface area contributed by atoms with Gasteiger partial charge in [-0.2, -0.15) is 0 Å². The molecule has 2 heterocycles. The zero-order valence-corrected chi connectivity index (χ0v) is 11.2. The van der Waals surface area contributed by atoms with Gasteiger partial charge in [0.1, 0.15) is 0 Å². The number of nitrogens with zero attached hydrogens (tertiary/aromatic N) is 4. The number of carbonyl (C=O) groups excluding carboxylic acids is 1. The van der Waals surface area contributed by atoms with Crippen molar-refractivity contribution >= 4 is 5.91 Å². The van der Waals surface area contributed by atoms with Crippen LogP contribution in [0.3, 0.4) is 0 Å². The topological polar surface area (TPSA) is 72.7 Å². The van der Waals surface area contributed by atoms with Crippen LogP contribution >= 0.6 is 0 Å². The predicted molar refractivity (Wildman–Crippen MR) is 76.8 cm³/mol. The fourth-order valence-electron chi connectivity index (χ4n) is 1.94. The molecule has 0 unspecified atom stereocenters. The summed E-state index contributed by atoms with van der Waals surface area (Å²) in [4.78, 5) is 15.9. The molecule has 6 heteroatoms. The van der Waals surface area contributed by atoms with Crippen molar-refractivity contribution in [1.82, 2.24) is 25.3 Å². The minimum atomic E-state index is -0.154. The van der Waals surface area contributed by atoms with Crippen molar-refractivity contribution < 1.29 is 4.79 Å². The lowest BCUT2D eigenvalue weighted by Gasteiger charge is -2.07. The van der Waals surface area contributed by atoms with Crippen LogP contribution < -0.4 is 5.32 Å². The Morgan fingerprint density at radius 1 is 1.10 bits per heavy atom. The van der Waals surface area contributed by atoms with E-state index in [2.05, 4.69) is 20.6 Å². The van der Waals surface area contributed by atoms with Gasteiger partial charge in [0.15, 0.2) is 0 Å². The fourth-order valence-corrected chi connectivity index (χ4v) is 1.94. The number of rotatable bonds is 4. The first-order chi connectivity index (χ1) is 10.3. The number of nitrogens with one attached hydrogen (secondary N) is 1. The third-order valence-corrected chi connectivity index (χ3v) is 2.99. The summed E-state index contributed by atoms with van der Waals surface area (Å²) in [7, 11) is 0. The highest BCUT2D eigenvalue weighted by atomic mass is 16.1. The Labute approximate surface area is 121 Å². The summed E-state index contributed by atoms with van der Waals surface area (Å²) >= 11 is 0. The van der Waals surface area contributed by atoms with E-state index >= 15 is 0 Å². The maximum Gasteiger partial charge on any atom is 0.251 e. The Bertz CT molecular complexity index is 724. The lowest BCUT2D eigenvalue weighted by molar-refractivity contribution is 0.0950. The molecule has 1 amide bonds. The van der Waals surface area contributed by atoms with Crippen LogP contribution in [0.25, 0.3) is 5.69 Å². The van der Waals surface area contributed by atoms with E-state index in [0.29, 0.717) is 12.1 Å². The highest BCUT2D eigenvalue weighted by molar-refractivity contribution is 5.93. The number of para-hydroxylation sites is 1. The molecule has 0 saturated carbocycles. The smallest absolute Gasteiger partial charge is 0.251 e. The van der Waals surface area contributed by atoms with Crippen LogP contribution in [0.4, 0.5) is 0 Å². The number of benzene rings is 1. The first kappa shape index (κ1) is 13.0. The van der Waals surface area contributed by atoms with Gasteiger partial charge >= 0.3 is 0 Å². The van der Waals surface area contributed by atoms with Gasteiger partial charge in [-0.1, -0.05) is 23.4 Å². The number of hydrogen-bond acceptors (Lipinski definition) is 4. The summed E-state index contributed by atoms with van der Waals surface area (Å²) in [6.45, 7) is 0.350. The van der Waals surface area contributed by atoms with Gasteiger partial charge in [0, 0.05) is 18.0 Å². The van der Waals surface area contributed by atoms with Crippen LogP contribution in [0, 0.1) is 0 Å². The van der Waals surface area contributed by atoms with Gasteiger partial charge < -0.3 is 5.32 Å². The Kier molecular flexibility index (Phi) is 3.68. The van der Waals surface area contributed by atoms with Crippen LogP contribution in [0.5, 0.6) is 0 Å². The number of pyridine rings is 1. The molecule has 21 heavy (non-hydrogen) atoms. The average molecular weight is 279 g/mol. The minimum Gasteiger partial charge on any atom is -0.346 e. The molecule has 0 aliphatic rings. The maximum absolute atomic E-state index is 12.0. The van der Waals surface area contributed by atoms with Crippen molar-refractivity contribution in [2.75, 3.05) is 0 Å². The largest absolute Gasteiger partial charge is 0.346 e. The van der Waals surface area contributed by atoms with Crippen molar-refractivity contribution in [2.24, 2.45) is 0 Å². The monoisotopic (exact) mass is 279 g/mol. The van der Waals surface area contributed by atoms with E-state index in [-0.39, 0.29) is 5.91 Å². The Morgan fingerprint density at radius 3 is 2.62 bits per heavy atom. The molecule has 0 fully saturated rings. The zero-order valence-electron chi connectivity index (χ0n) is 11.2. The van der Waals surface area contributed by atoms with E-state index in [1.54, 1.807) is 35.4 Å². The molecule has 0 atom stereocenters. The second-order valence-electron chi connectivity index (χ2n) is 4.39. The van der Waals surface area contributed by atoms with Crippen molar-refractivity contribution in [3.63, 3.8) is 0 Å². The summed E-state index contributed by atoms with van der Waals surface area (Å²) < 4.78 is 1.70. The van der Waals surface area contributed by atoms with Crippen molar-refractivity contribution in [3.8, 4) is 5.69 Å². The average Bonchev–Trinajstić information content (AvgIpc) is 3.03. The van der Waals surface area contributed by atoms with Gasteiger partial charge in [0.05, 0.1) is 24.1 Å². The quantitative estimate of drug-likeness (QED) is 0.787. The SMILES string of the molecule is O=C(NCc1cnnn1-c1ccccc1)c1ccncc1. The molecule has 1 aromatic carbocycles. The molecule has 0 bridgehead atoms. The molecule has 0 aliphatic carbocycles. The first-order valence-electron chi connectivity index (χ1n) is 6.48. The van der Waals surface area contributed by atoms with Crippen LogP contribution in [-0.2, 0) is 6.54 Å². The van der Waals surface area contributed by atoms with Crippen LogP contribution in [0.15, 0.2) is 61.1 Å². The molecule has 3 aromatic rings. The Hall–Kier alpha value is -3.02. The van der Waals surface area contributed by atoms with Crippen LogP contribution in [0.1, 0.15) is 16.1 Å². The van der Waals surface area contributed by atoms with E-state index in [1.807, 2.05) is 30.3 Å². The summed E-state index contributed by atoms with van der Waals surface area (Å²) in [5, 5.41) is 10.8. The molecule has 1 N–H and O–H groups in total. The maximum atomic E-state index is 12.0. The standard InChI is InChI=1S/C15H13N5O/c21-15(12-6-8-16-9-7-12)17-10-14-11-18-19-20(14)13-4-2-1-3-5-13/h1-9,11H,10H2,(H,17,21). The van der Waals surface area contributed by atoms with Gasteiger partial charge in [-0.15, -0.1) is 5.10 Å². The molecule has 0 spiro atoms. The van der Waals surface area contributed by atoms with Gasteiger partial charge in [0.25, 0.3) is 5.91 Å². The molecule has 6 nitrogen and oxygen atoms in total. The molecule has 0 aliphatic heterocycles. The van der Waals surface area contributed by atoms with Gasteiger partial charge in [-0.3, -0.25) is 9.78 Å². The molecular formula is C15H13N5O. The van der Waals surface area contributed by atoms with E-state index in [1.165, 1.54) is 0 Å². The van der Waals surface area contributed by atoms with Crippen molar-refractivity contribution in [3.05, 3.63) is 72.3 Å². The number of hydrogen-bond donors (Lipinski definition) is 1. The summed E-state index contributed by atoms with van der Waals surface area (Å²) in [5.41, 5.74) is 2.29. The number of aromatic nitrogens is 4. The normalized spacial score (nSPS) is 10.3. The molecule has 0 saturated heterocycles. The van der Waals surface area contributed by atoms with E-state index < -0.39 is 0 Å². The van der Waals surface area contributed by atoms with E-state index in [0.717, 1.165) is 11.4 Å². The van der Waals surface area contributed by atoms with Gasteiger partial charge in [-0.25, -0.2) is 4.68 Å². The first-order valence-corrected chi connectivity index (χ1v) is 6.48. The molecule has 3 rings (SSSR count). The van der Waals surface area contributed by atoms with Crippen LogP contribution in [0.2, 0.25) is 0 Å². The van der Waals surface area contributed by atoms with Crippen molar-refractivity contribution in [1.29, 1.82) is 0 Å². The molecule has 0 radical (unpaired) electrons. The van der Waals surface area contributed by atoms with Gasteiger partial charge in [-0.05, 0) is 24.3 Å². The van der Waals surface area contributed by atoms with E-state index in [4.69, 9.17) is 0 Å².